The first-order valence-electron chi connectivity index (χ1n) is 10.2. The summed E-state index contributed by atoms with van der Waals surface area (Å²) in [6.07, 6.45) is 7.05. The molecule has 4 aromatic rings. The minimum Gasteiger partial charge on any atom is -0.489 e. The number of nitrogens with zero attached hydrogens (tertiary/aromatic N) is 1. The van der Waals surface area contributed by atoms with Gasteiger partial charge in [0.2, 0.25) is 0 Å². The highest BCUT2D eigenvalue weighted by Gasteiger charge is 2.29. The van der Waals surface area contributed by atoms with Gasteiger partial charge in [0.15, 0.2) is 0 Å². The highest BCUT2D eigenvalue weighted by molar-refractivity contribution is 5.72. The van der Waals surface area contributed by atoms with E-state index >= 15 is 0 Å². The van der Waals surface area contributed by atoms with Gasteiger partial charge in [-0.1, -0.05) is 55.0 Å². The number of benzene rings is 3. The van der Waals surface area contributed by atoms with E-state index in [0.717, 1.165) is 40.1 Å². The molecule has 0 amide bonds. The number of hydrogen-bond donors (Lipinski definition) is 0. The molecule has 0 spiro atoms. The van der Waals surface area contributed by atoms with Gasteiger partial charge in [-0.25, -0.2) is 0 Å². The van der Waals surface area contributed by atoms with Gasteiger partial charge in [0, 0.05) is 23.6 Å². The fraction of sp³-hybridized carbons (Fsp3) is 0.0714. The third kappa shape index (κ3) is 5.02. The van der Waals surface area contributed by atoms with Crippen LogP contribution in [0.2, 0.25) is 0 Å². The molecule has 0 radical (unpaired) electrons. The van der Waals surface area contributed by atoms with E-state index in [-0.39, 0.29) is 6.61 Å². The first-order chi connectivity index (χ1) is 15.9. The number of ether oxygens (including phenoxy) is 1. The minimum absolute atomic E-state index is 0.153. The van der Waals surface area contributed by atoms with Crippen molar-refractivity contribution < 1.29 is 17.9 Å². The third-order valence-corrected chi connectivity index (χ3v) is 5.24. The molecule has 0 bridgehead atoms. The Morgan fingerprint density at radius 1 is 0.970 bits per heavy atom. The Bertz CT molecular complexity index is 1310. The van der Waals surface area contributed by atoms with Crippen LogP contribution >= 0.6 is 0 Å². The van der Waals surface area contributed by atoms with Crippen molar-refractivity contribution in [3.8, 4) is 34.9 Å². The monoisotopic (exact) mass is 443 g/mol. The Kier molecular flexibility index (Phi) is 6.10. The van der Waals surface area contributed by atoms with Crippen LogP contribution in [0.3, 0.4) is 0 Å². The van der Waals surface area contributed by atoms with Gasteiger partial charge >= 0.3 is 6.18 Å². The average molecular weight is 443 g/mol. The molecule has 0 atom stereocenters. The lowest BCUT2D eigenvalue weighted by Crippen LogP contribution is -2.05. The molecule has 2 nitrogen and oxygen atoms in total. The molecule has 0 aliphatic rings. The maximum absolute atomic E-state index is 12.7. The molecule has 0 aliphatic carbocycles. The molecule has 0 N–H and O–H groups in total. The van der Waals surface area contributed by atoms with Crippen LogP contribution in [-0.2, 0) is 12.8 Å². The summed E-state index contributed by atoms with van der Waals surface area (Å²) in [5.74, 6) is 3.33. The third-order valence-electron chi connectivity index (χ3n) is 5.24. The molecule has 3 aromatic carbocycles. The van der Waals surface area contributed by atoms with Crippen molar-refractivity contribution in [2.24, 2.45) is 0 Å². The summed E-state index contributed by atoms with van der Waals surface area (Å²) in [5.41, 5.74) is 4.46. The zero-order valence-electron chi connectivity index (χ0n) is 17.6. The summed E-state index contributed by atoms with van der Waals surface area (Å²) in [4.78, 5) is 0. The molecule has 1 heterocycles. The molecule has 0 fully saturated rings. The van der Waals surface area contributed by atoms with E-state index < -0.39 is 11.7 Å². The lowest BCUT2D eigenvalue weighted by Gasteiger charge is -2.10. The van der Waals surface area contributed by atoms with E-state index in [2.05, 4.69) is 12.5 Å². The van der Waals surface area contributed by atoms with Crippen LogP contribution in [0.25, 0.3) is 22.9 Å². The summed E-state index contributed by atoms with van der Waals surface area (Å²) >= 11 is 0. The zero-order valence-corrected chi connectivity index (χ0v) is 17.6. The Morgan fingerprint density at radius 3 is 2.33 bits per heavy atom. The number of hydrogen-bond acceptors (Lipinski definition) is 1. The molecular formula is C28H20F3NO. The van der Waals surface area contributed by atoms with E-state index in [0.29, 0.717) is 11.3 Å². The number of rotatable bonds is 6. The van der Waals surface area contributed by atoms with Crippen molar-refractivity contribution >= 4 is 6.08 Å². The standard InChI is InChI=1S/C28H20F3NO/c1-3-20-10-14-25(15-11-20)32-17-22(4-2)27(18-32)23-6-5-7-26(16-23)33-19-21-8-12-24(13-9-21)28(29,30)31/h2-3,5-18H,1,19H2. The SMILES string of the molecule is C#Cc1cn(-c2ccc(C=C)cc2)cc1-c1cccc(OCc2ccc(C(F)(F)F)cc2)c1. The van der Waals surface area contributed by atoms with Crippen LogP contribution in [0.1, 0.15) is 22.3 Å². The van der Waals surface area contributed by atoms with Gasteiger partial charge in [-0.2, -0.15) is 13.2 Å². The van der Waals surface area contributed by atoms with Crippen LogP contribution in [0, 0.1) is 12.3 Å². The van der Waals surface area contributed by atoms with E-state index in [1.807, 2.05) is 59.4 Å². The number of terminal acetylenes is 1. The van der Waals surface area contributed by atoms with Crippen molar-refractivity contribution in [2.45, 2.75) is 12.8 Å². The van der Waals surface area contributed by atoms with E-state index in [1.165, 1.54) is 12.1 Å². The summed E-state index contributed by atoms with van der Waals surface area (Å²) in [5, 5.41) is 0. The van der Waals surface area contributed by atoms with Crippen LogP contribution in [0.4, 0.5) is 13.2 Å². The highest BCUT2D eigenvalue weighted by Crippen LogP contribution is 2.31. The highest BCUT2D eigenvalue weighted by atomic mass is 19.4. The molecule has 0 saturated heterocycles. The second-order valence-corrected chi connectivity index (χ2v) is 7.44. The zero-order chi connectivity index (χ0) is 23.4. The van der Waals surface area contributed by atoms with Gasteiger partial charge < -0.3 is 9.30 Å². The van der Waals surface area contributed by atoms with Crippen LogP contribution in [0.5, 0.6) is 5.75 Å². The van der Waals surface area contributed by atoms with Gasteiger partial charge in [0.1, 0.15) is 12.4 Å². The molecule has 0 saturated carbocycles. The molecule has 5 heteroatoms. The van der Waals surface area contributed by atoms with Crippen molar-refractivity contribution in [3.63, 3.8) is 0 Å². The van der Waals surface area contributed by atoms with Gasteiger partial charge in [-0.15, -0.1) is 6.42 Å². The van der Waals surface area contributed by atoms with Crippen molar-refractivity contribution in [2.75, 3.05) is 0 Å². The second-order valence-electron chi connectivity index (χ2n) is 7.44. The van der Waals surface area contributed by atoms with Crippen LogP contribution in [0.15, 0.2) is 91.8 Å². The first-order valence-corrected chi connectivity index (χ1v) is 10.2. The molecule has 4 rings (SSSR count). The average Bonchev–Trinajstić information content (AvgIpc) is 3.27. The van der Waals surface area contributed by atoms with Crippen molar-refractivity contribution in [1.82, 2.24) is 4.57 Å². The van der Waals surface area contributed by atoms with Gasteiger partial charge in [0.05, 0.1) is 11.1 Å². The van der Waals surface area contributed by atoms with E-state index in [9.17, 15) is 13.2 Å². The normalized spacial score (nSPS) is 11.1. The predicted octanol–water partition coefficient (Wildman–Crippen LogP) is 7.37. The van der Waals surface area contributed by atoms with Crippen LogP contribution in [-0.4, -0.2) is 4.57 Å². The molecule has 0 aliphatic heterocycles. The molecule has 33 heavy (non-hydrogen) atoms. The van der Waals surface area contributed by atoms with E-state index in [1.54, 1.807) is 12.1 Å². The fourth-order valence-electron chi connectivity index (χ4n) is 3.44. The summed E-state index contributed by atoms with van der Waals surface area (Å²) in [6.45, 7) is 3.92. The largest absolute Gasteiger partial charge is 0.489 e. The lowest BCUT2D eigenvalue weighted by molar-refractivity contribution is -0.137. The Labute approximate surface area is 190 Å². The van der Waals surface area contributed by atoms with E-state index in [4.69, 9.17) is 11.2 Å². The topological polar surface area (TPSA) is 14.2 Å². The maximum atomic E-state index is 12.7. The lowest BCUT2D eigenvalue weighted by atomic mass is 10.0. The minimum atomic E-state index is -4.35. The second kappa shape index (κ2) is 9.13. The summed E-state index contributed by atoms with van der Waals surface area (Å²) in [6, 6.07) is 20.3. The Balaban J connectivity index is 1.54. The van der Waals surface area contributed by atoms with Gasteiger partial charge in [-0.05, 0) is 53.1 Å². The van der Waals surface area contributed by atoms with Crippen molar-refractivity contribution in [1.29, 1.82) is 0 Å². The van der Waals surface area contributed by atoms with Gasteiger partial charge in [-0.3, -0.25) is 0 Å². The summed E-state index contributed by atoms with van der Waals surface area (Å²) in [7, 11) is 0. The number of halogens is 3. The Hall–Kier alpha value is -4.17. The quantitative estimate of drug-likeness (QED) is 0.284. The maximum Gasteiger partial charge on any atom is 0.416 e. The predicted molar refractivity (Wildman–Crippen MR) is 125 cm³/mol. The summed E-state index contributed by atoms with van der Waals surface area (Å²) < 4.78 is 46.0. The first kappa shape index (κ1) is 22.0. The smallest absolute Gasteiger partial charge is 0.416 e. The van der Waals surface area contributed by atoms with Gasteiger partial charge in [0.25, 0.3) is 0 Å². The number of alkyl halides is 3. The molecule has 0 unspecified atom stereocenters. The molecular weight excluding hydrogens is 423 g/mol. The van der Waals surface area contributed by atoms with Crippen molar-refractivity contribution in [3.05, 3.63) is 114 Å². The molecule has 164 valence electrons. The van der Waals surface area contributed by atoms with Crippen LogP contribution < -0.4 is 4.74 Å². The Morgan fingerprint density at radius 2 is 1.70 bits per heavy atom. The fourth-order valence-corrected chi connectivity index (χ4v) is 3.44. The molecule has 1 aromatic heterocycles. The number of aromatic nitrogens is 1.